The van der Waals surface area contributed by atoms with Crippen molar-refractivity contribution in [1.82, 2.24) is 4.90 Å². The van der Waals surface area contributed by atoms with Crippen LogP contribution in [0.4, 0.5) is 5.69 Å². The fourth-order valence-corrected chi connectivity index (χ4v) is 5.19. The average Bonchev–Trinajstić information content (AvgIpc) is 2.82. The molecule has 1 amide bonds. The SMILES string of the molecule is C=CCN(c1ccc(Cl)cc1)S(=O)(=O)c1cc(C(=O)OCC(=O)N2CCOCC2)ccc1Cl. The van der Waals surface area contributed by atoms with Crippen molar-refractivity contribution in [3.63, 3.8) is 0 Å². The topological polar surface area (TPSA) is 93.2 Å². The highest BCUT2D eigenvalue weighted by atomic mass is 35.5. The van der Waals surface area contributed by atoms with E-state index in [0.29, 0.717) is 37.0 Å². The molecule has 0 radical (unpaired) electrons. The van der Waals surface area contributed by atoms with Gasteiger partial charge in [-0.25, -0.2) is 13.2 Å². The Morgan fingerprint density at radius 3 is 2.42 bits per heavy atom. The third-order valence-electron chi connectivity index (χ3n) is 4.84. The van der Waals surface area contributed by atoms with Gasteiger partial charge in [-0.3, -0.25) is 9.10 Å². The van der Waals surface area contributed by atoms with E-state index in [4.69, 9.17) is 32.7 Å². The quantitative estimate of drug-likeness (QED) is 0.397. The summed E-state index contributed by atoms with van der Waals surface area (Å²) >= 11 is 12.1. The molecule has 176 valence electrons. The number of morpholine rings is 1. The monoisotopic (exact) mass is 512 g/mol. The molecule has 8 nitrogen and oxygen atoms in total. The lowest BCUT2D eigenvalue weighted by atomic mass is 10.2. The summed E-state index contributed by atoms with van der Waals surface area (Å²) in [6.45, 7) is 4.80. The second-order valence-electron chi connectivity index (χ2n) is 7.02. The molecule has 0 spiro atoms. The minimum atomic E-state index is -4.17. The molecule has 1 saturated heterocycles. The van der Waals surface area contributed by atoms with Crippen LogP contribution in [0.15, 0.2) is 60.0 Å². The molecular weight excluding hydrogens is 491 g/mol. The predicted octanol–water partition coefficient (Wildman–Crippen LogP) is 3.39. The number of carbonyl (C=O) groups excluding carboxylic acids is 2. The first kappa shape index (κ1) is 25.0. The molecule has 33 heavy (non-hydrogen) atoms. The van der Waals surface area contributed by atoms with E-state index in [-0.39, 0.29) is 27.9 Å². The van der Waals surface area contributed by atoms with Crippen molar-refractivity contribution < 1.29 is 27.5 Å². The fourth-order valence-electron chi connectivity index (χ4n) is 3.13. The van der Waals surface area contributed by atoms with Crippen molar-refractivity contribution in [2.45, 2.75) is 4.90 Å². The number of rotatable bonds is 8. The van der Waals surface area contributed by atoms with Gasteiger partial charge in [0.15, 0.2) is 6.61 Å². The summed E-state index contributed by atoms with van der Waals surface area (Å²) in [5.74, 6) is -1.19. The van der Waals surface area contributed by atoms with Crippen LogP contribution >= 0.6 is 23.2 Å². The number of benzene rings is 2. The van der Waals surface area contributed by atoms with E-state index in [0.717, 1.165) is 10.4 Å². The summed E-state index contributed by atoms with van der Waals surface area (Å²) < 4.78 is 38.2. The lowest BCUT2D eigenvalue weighted by molar-refractivity contribution is -0.138. The second kappa shape index (κ2) is 11.0. The normalized spacial score (nSPS) is 13.9. The van der Waals surface area contributed by atoms with Gasteiger partial charge in [-0.2, -0.15) is 0 Å². The third-order valence-corrected chi connectivity index (χ3v) is 7.36. The van der Waals surface area contributed by atoms with Gasteiger partial charge in [0.25, 0.3) is 15.9 Å². The van der Waals surface area contributed by atoms with Crippen molar-refractivity contribution in [2.24, 2.45) is 0 Å². The zero-order valence-electron chi connectivity index (χ0n) is 17.6. The molecule has 0 bridgehead atoms. The molecule has 0 saturated carbocycles. The molecule has 2 aromatic rings. The minimum absolute atomic E-state index is 0.0387. The number of halogens is 2. The number of amides is 1. The van der Waals surface area contributed by atoms with E-state index in [9.17, 15) is 18.0 Å². The van der Waals surface area contributed by atoms with Crippen molar-refractivity contribution in [2.75, 3.05) is 43.8 Å². The number of esters is 1. The van der Waals surface area contributed by atoms with Crippen LogP contribution in [0, 0.1) is 0 Å². The molecule has 3 rings (SSSR count). The summed E-state index contributed by atoms with van der Waals surface area (Å²) in [6.07, 6.45) is 1.43. The van der Waals surface area contributed by atoms with E-state index in [1.54, 1.807) is 24.3 Å². The van der Waals surface area contributed by atoms with Crippen LogP contribution in [0.3, 0.4) is 0 Å². The second-order valence-corrected chi connectivity index (χ2v) is 9.69. The van der Waals surface area contributed by atoms with Crippen molar-refractivity contribution >= 4 is 50.8 Å². The van der Waals surface area contributed by atoms with Gasteiger partial charge in [-0.15, -0.1) is 6.58 Å². The van der Waals surface area contributed by atoms with Crippen LogP contribution in [0.2, 0.25) is 10.0 Å². The van der Waals surface area contributed by atoms with Gasteiger partial charge in [0.05, 0.1) is 36.0 Å². The van der Waals surface area contributed by atoms with Crippen LogP contribution in [-0.2, 0) is 24.3 Å². The largest absolute Gasteiger partial charge is 0.452 e. The Balaban J connectivity index is 1.82. The summed E-state index contributed by atoms with van der Waals surface area (Å²) in [5.41, 5.74) is 0.293. The molecule has 1 fully saturated rings. The van der Waals surface area contributed by atoms with Gasteiger partial charge in [-0.05, 0) is 42.5 Å². The number of nitrogens with zero attached hydrogens (tertiary/aromatic N) is 2. The molecule has 0 aliphatic carbocycles. The zero-order valence-corrected chi connectivity index (χ0v) is 19.9. The van der Waals surface area contributed by atoms with Crippen LogP contribution < -0.4 is 4.31 Å². The Morgan fingerprint density at radius 2 is 1.79 bits per heavy atom. The first-order chi connectivity index (χ1) is 15.7. The Bertz CT molecular complexity index is 1130. The summed E-state index contributed by atoms with van der Waals surface area (Å²) in [5, 5.41) is 0.378. The predicted molar refractivity (Wildman–Crippen MR) is 125 cm³/mol. The number of hydrogen-bond acceptors (Lipinski definition) is 6. The van der Waals surface area contributed by atoms with Crippen LogP contribution in [0.1, 0.15) is 10.4 Å². The highest BCUT2D eigenvalue weighted by molar-refractivity contribution is 7.93. The standard InChI is InChI=1S/C22H22Cl2N2O6S/c1-2-9-26(18-6-4-17(23)5-7-18)33(29,30)20-14-16(3-8-19(20)24)22(28)32-15-21(27)25-10-12-31-13-11-25/h2-8,14H,1,9-13,15H2. The highest BCUT2D eigenvalue weighted by Gasteiger charge is 2.28. The van der Waals surface area contributed by atoms with Gasteiger partial charge in [0.1, 0.15) is 4.90 Å². The van der Waals surface area contributed by atoms with Crippen LogP contribution in [-0.4, -0.2) is 64.6 Å². The van der Waals surface area contributed by atoms with Crippen LogP contribution in [0.25, 0.3) is 0 Å². The molecule has 0 aromatic heterocycles. The van der Waals surface area contributed by atoms with Crippen molar-refractivity contribution in [1.29, 1.82) is 0 Å². The molecule has 11 heteroatoms. The Labute approximate surface area is 202 Å². The maximum atomic E-state index is 13.4. The molecule has 0 unspecified atom stereocenters. The highest BCUT2D eigenvalue weighted by Crippen LogP contribution is 2.30. The van der Waals surface area contributed by atoms with Gasteiger partial charge >= 0.3 is 5.97 Å². The minimum Gasteiger partial charge on any atom is -0.452 e. The van der Waals surface area contributed by atoms with E-state index in [1.165, 1.54) is 23.1 Å². The summed E-state index contributed by atoms with van der Waals surface area (Å²) in [4.78, 5) is 26.0. The lowest BCUT2D eigenvalue weighted by Gasteiger charge is -2.26. The van der Waals surface area contributed by atoms with Crippen molar-refractivity contribution in [3.8, 4) is 0 Å². The number of anilines is 1. The maximum absolute atomic E-state index is 13.4. The Morgan fingerprint density at radius 1 is 1.12 bits per heavy atom. The number of sulfonamides is 1. The first-order valence-electron chi connectivity index (χ1n) is 9.95. The first-order valence-corrected chi connectivity index (χ1v) is 12.1. The number of carbonyl (C=O) groups is 2. The fraction of sp³-hybridized carbons (Fsp3) is 0.273. The van der Waals surface area contributed by atoms with Gasteiger partial charge in [-0.1, -0.05) is 29.3 Å². The van der Waals surface area contributed by atoms with Gasteiger partial charge in [0, 0.05) is 18.1 Å². The molecular formula is C22H22Cl2N2O6S. The molecule has 0 N–H and O–H groups in total. The Hall–Kier alpha value is -2.59. The zero-order chi connectivity index (χ0) is 24.0. The van der Waals surface area contributed by atoms with E-state index < -0.39 is 22.6 Å². The molecule has 1 aliphatic heterocycles. The molecule has 2 aromatic carbocycles. The number of ether oxygens (including phenoxy) is 2. The smallest absolute Gasteiger partial charge is 0.338 e. The maximum Gasteiger partial charge on any atom is 0.338 e. The molecule has 0 atom stereocenters. The van der Waals surface area contributed by atoms with E-state index in [2.05, 4.69) is 6.58 Å². The van der Waals surface area contributed by atoms with Gasteiger partial charge in [0.2, 0.25) is 0 Å². The lowest BCUT2D eigenvalue weighted by Crippen LogP contribution is -2.42. The average molecular weight is 513 g/mol. The molecule has 1 heterocycles. The summed E-state index contributed by atoms with van der Waals surface area (Å²) in [6, 6.07) is 9.98. The summed E-state index contributed by atoms with van der Waals surface area (Å²) in [7, 11) is -4.17. The van der Waals surface area contributed by atoms with Crippen molar-refractivity contribution in [3.05, 3.63) is 70.7 Å². The Kier molecular flexibility index (Phi) is 8.36. The number of hydrogen-bond donors (Lipinski definition) is 0. The van der Waals surface area contributed by atoms with Gasteiger partial charge < -0.3 is 14.4 Å². The van der Waals surface area contributed by atoms with E-state index >= 15 is 0 Å². The molecule has 1 aliphatic rings. The van der Waals surface area contributed by atoms with E-state index in [1.807, 2.05) is 0 Å². The van der Waals surface area contributed by atoms with Crippen LogP contribution in [0.5, 0.6) is 0 Å². The third kappa shape index (κ3) is 6.05.